The Morgan fingerprint density at radius 3 is 2.25 bits per heavy atom. The second-order valence-electron chi connectivity index (χ2n) is 6.77. The van der Waals surface area contributed by atoms with Crippen LogP contribution in [0, 0.1) is 5.41 Å². The standard InChI is InChI=1S/C18H27N3O3/c1-18(2,3)17(24)20-11-9-16(23)21(12-10-15(19)22)13-14-7-5-4-6-8-14/h4-8H,9-13H2,1-3H3,(H2,19,22)(H,20,24). The Labute approximate surface area is 143 Å². The average Bonchev–Trinajstić information content (AvgIpc) is 2.51. The molecule has 24 heavy (non-hydrogen) atoms. The summed E-state index contributed by atoms with van der Waals surface area (Å²) >= 11 is 0. The molecule has 0 aliphatic rings. The molecule has 0 saturated heterocycles. The number of carbonyl (C=O) groups is 3. The predicted octanol–water partition coefficient (Wildman–Crippen LogP) is 1.44. The van der Waals surface area contributed by atoms with E-state index in [0.717, 1.165) is 5.56 Å². The van der Waals surface area contributed by atoms with Crippen LogP contribution in [0.3, 0.4) is 0 Å². The van der Waals surface area contributed by atoms with Gasteiger partial charge < -0.3 is 16.0 Å². The topological polar surface area (TPSA) is 92.5 Å². The van der Waals surface area contributed by atoms with Gasteiger partial charge in [-0.05, 0) is 5.56 Å². The van der Waals surface area contributed by atoms with Crippen LogP contribution < -0.4 is 11.1 Å². The molecular formula is C18H27N3O3. The van der Waals surface area contributed by atoms with E-state index in [9.17, 15) is 14.4 Å². The molecule has 0 heterocycles. The van der Waals surface area contributed by atoms with Gasteiger partial charge in [-0.2, -0.15) is 0 Å². The fourth-order valence-corrected chi connectivity index (χ4v) is 2.05. The third-order valence-corrected chi connectivity index (χ3v) is 3.50. The molecule has 0 atom stereocenters. The first-order valence-electron chi connectivity index (χ1n) is 8.08. The van der Waals surface area contributed by atoms with Crippen LogP contribution in [0.5, 0.6) is 0 Å². The van der Waals surface area contributed by atoms with E-state index in [1.54, 1.807) is 4.90 Å². The number of nitrogens with two attached hydrogens (primary N) is 1. The van der Waals surface area contributed by atoms with Crippen molar-refractivity contribution in [1.82, 2.24) is 10.2 Å². The van der Waals surface area contributed by atoms with Crippen molar-refractivity contribution in [3.63, 3.8) is 0 Å². The molecular weight excluding hydrogens is 306 g/mol. The summed E-state index contributed by atoms with van der Waals surface area (Å²) in [6.07, 6.45) is 0.306. The zero-order valence-electron chi connectivity index (χ0n) is 14.7. The van der Waals surface area contributed by atoms with Crippen LogP contribution in [0.4, 0.5) is 0 Å². The highest BCUT2D eigenvalue weighted by atomic mass is 16.2. The Bertz CT molecular complexity index is 565. The highest BCUT2D eigenvalue weighted by Crippen LogP contribution is 2.12. The summed E-state index contributed by atoms with van der Waals surface area (Å²) in [4.78, 5) is 36.9. The summed E-state index contributed by atoms with van der Waals surface area (Å²) in [6.45, 7) is 6.42. The van der Waals surface area contributed by atoms with E-state index in [2.05, 4.69) is 5.32 Å². The van der Waals surface area contributed by atoms with Gasteiger partial charge in [-0.25, -0.2) is 0 Å². The molecule has 6 nitrogen and oxygen atoms in total. The van der Waals surface area contributed by atoms with Gasteiger partial charge >= 0.3 is 0 Å². The monoisotopic (exact) mass is 333 g/mol. The molecule has 3 amide bonds. The maximum absolute atomic E-state index is 12.4. The number of carbonyl (C=O) groups excluding carboxylic acids is 3. The van der Waals surface area contributed by atoms with E-state index in [-0.39, 0.29) is 37.7 Å². The molecule has 0 radical (unpaired) electrons. The van der Waals surface area contributed by atoms with Crippen LogP contribution in [0.15, 0.2) is 30.3 Å². The van der Waals surface area contributed by atoms with Crippen molar-refractivity contribution in [1.29, 1.82) is 0 Å². The zero-order chi connectivity index (χ0) is 18.2. The number of hydrogen-bond donors (Lipinski definition) is 2. The Morgan fingerprint density at radius 2 is 1.71 bits per heavy atom. The number of nitrogens with zero attached hydrogens (tertiary/aromatic N) is 1. The molecule has 0 spiro atoms. The molecule has 0 aromatic heterocycles. The summed E-state index contributed by atoms with van der Waals surface area (Å²) in [5.74, 6) is -0.654. The largest absolute Gasteiger partial charge is 0.370 e. The Morgan fingerprint density at radius 1 is 1.08 bits per heavy atom. The number of primary amides is 1. The fourth-order valence-electron chi connectivity index (χ4n) is 2.05. The third kappa shape index (κ3) is 7.26. The van der Waals surface area contributed by atoms with Crippen LogP contribution in [0.25, 0.3) is 0 Å². The molecule has 132 valence electrons. The lowest BCUT2D eigenvalue weighted by Gasteiger charge is -2.23. The molecule has 1 aromatic carbocycles. The van der Waals surface area contributed by atoms with Gasteiger partial charge in [0.15, 0.2) is 0 Å². The number of hydrogen-bond acceptors (Lipinski definition) is 3. The molecule has 0 unspecified atom stereocenters. The van der Waals surface area contributed by atoms with Gasteiger partial charge in [0.05, 0.1) is 0 Å². The summed E-state index contributed by atoms with van der Waals surface area (Å²) in [6, 6.07) is 9.55. The first kappa shape index (κ1) is 19.7. The lowest BCUT2D eigenvalue weighted by atomic mass is 9.96. The predicted molar refractivity (Wildman–Crippen MR) is 92.8 cm³/mol. The molecule has 1 aromatic rings. The summed E-state index contributed by atoms with van der Waals surface area (Å²) < 4.78 is 0. The van der Waals surface area contributed by atoms with Gasteiger partial charge in [-0.15, -0.1) is 0 Å². The molecule has 0 aliphatic carbocycles. The fraction of sp³-hybridized carbons (Fsp3) is 0.500. The average molecular weight is 333 g/mol. The van der Waals surface area contributed by atoms with E-state index in [0.29, 0.717) is 6.54 Å². The minimum atomic E-state index is -0.487. The molecule has 6 heteroatoms. The lowest BCUT2D eigenvalue weighted by molar-refractivity contribution is -0.132. The third-order valence-electron chi connectivity index (χ3n) is 3.50. The number of benzene rings is 1. The van der Waals surface area contributed by atoms with Gasteiger partial charge in [0, 0.05) is 37.9 Å². The second-order valence-corrected chi connectivity index (χ2v) is 6.77. The van der Waals surface area contributed by atoms with E-state index < -0.39 is 11.3 Å². The van der Waals surface area contributed by atoms with Crippen molar-refractivity contribution >= 4 is 17.7 Å². The first-order valence-corrected chi connectivity index (χ1v) is 8.08. The minimum absolute atomic E-state index is 0.0953. The van der Waals surface area contributed by atoms with Crippen molar-refractivity contribution in [2.45, 2.75) is 40.2 Å². The maximum Gasteiger partial charge on any atom is 0.225 e. The lowest BCUT2D eigenvalue weighted by Crippen LogP contribution is -2.39. The zero-order valence-corrected chi connectivity index (χ0v) is 14.7. The molecule has 0 bridgehead atoms. The normalized spacial score (nSPS) is 11.0. The maximum atomic E-state index is 12.4. The summed E-state index contributed by atoms with van der Waals surface area (Å²) in [5.41, 5.74) is 5.68. The van der Waals surface area contributed by atoms with Gasteiger partial charge in [0.1, 0.15) is 0 Å². The van der Waals surface area contributed by atoms with Crippen molar-refractivity contribution < 1.29 is 14.4 Å². The van der Waals surface area contributed by atoms with Gasteiger partial charge in [-0.3, -0.25) is 14.4 Å². The number of nitrogens with one attached hydrogen (secondary N) is 1. The van der Waals surface area contributed by atoms with Crippen molar-refractivity contribution in [3.8, 4) is 0 Å². The van der Waals surface area contributed by atoms with Crippen molar-refractivity contribution in [2.24, 2.45) is 11.1 Å². The molecule has 1 rings (SSSR count). The number of amides is 3. The van der Waals surface area contributed by atoms with Crippen LogP contribution in [-0.2, 0) is 20.9 Å². The summed E-state index contributed by atoms with van der Waals surface area (Å²) in [7, 11) is 0. The molecule has 3 N–H and O–H groups in total. The Kier molecular flexibility index (Phi) is 7.42. The second kappa shape index (κ2) is 9.05. The van der Waals surface area contributed by atoms with E-state index in [1.807, 2.05) is 51.1 Å². The Hall–Kier alpha value is -2.37. The first-order chi connectivity index (χ1) is 11.2. The van der Waals surface area contributed by atoms with Crippen LogP contribution >= 0.6 is 0 Å². The van der Waals surface area contributed by atoms with Gasteiger partial charge in [0.25, 0.3) is 0 Å². The number of rotatable bonds is 8. The quantitative estimate of drug-likeness (QED) is 0.754. The van der Waals surface area contributed by atoms with E-state index in [1.165, 1.54) is 0 Å². The molecule has 0 aliphatic heterocycles. The van der Waals surface area contributed by atoms with Crippen LogP contribution in [0.1, 0.15) is 39.2 Å². The van der Waals surface area contributed by atoms with E-state index in [4.69, 9.17) is 5.73 Å². The van der Waals surface area contributed by atoms with Crippen molar-refractivity contribution in [3.05, 3.63) is 35.9 Å². The van der Waals surface area contributed by atoms with Gasteiger partial charge in [-0.1, -0.05) is 51.1 Å². The Balaban J connectivity index is 2.59. The van der Waals surface area contributed by atoms with Crippen LogP contribution in [-0.4, -0.2) is 35.7 Å². The highest BCUT2D eigenvalue weighted by molar-refractivity contribution is 5.82. The smallest absolute Gasteiger partial charge is 0.225 e. The minimum Gasteiger partial charge on any atom is -0.370 e. The van der Waals surface area contributed by atoms with Crippen LogP contribution in [0.2, 0.25) is 0 Å². The van der Waals surface area contributed by atoms with Gasteiger partial charge in [0.2, 0.25) is 17.7 Å². The van der Waals surface area contributed by atoms with Crippen molar-refractivity contribution in [2.75, 3.05) is 13.1 Å². The highest BCUT2D eigenvalue weighted by Gasteiger charge is 2.21. The summed E-state index contributed by atoms with van der Waals surface area (Å²) in [5, 5.41) is 2.76. The van der Waals surface area contributed by atoms with E-state index >= 15 is 0 Å². The molecule has 0 fully saturated rings. The SMILES string of the molecule is CC(C)(C)C(=O)NCCC(=O)N(CCC(N)=O)Cc1ccccc1. The molecule has 0 saturated carbocycles.